The number of aliphatic imine (C=N–C) groups is 1. The number of methoxy groups -OCH3 is 1. The summed E-state index contributed by atoms with van der Waals surface area (Å²) in [5, 5.41) is 0. The normalized spacial score (nSPS) is 18.3. The van der Waals surface area contributed by atoms with Crippen LogP contribution in [0.5, 0.6) is 0 Å². The summed E-state index contributed by atoms with van der Waals surface area (Å²) in [7, 11) is 1.36. The van der Waals surface area contributed by atoms with Crippen molar-refractivity contribution in [3.05, 3.63) is 45.8 Å². The molecule has 0 radical (unpaired) electrons. The molecule has 3 nitrogen and oxygen atoms in total. The second-order valence-electron chi connectivity index (χ2n) is 5.74. The van der Waals surface area contributed by atoms with Crippen molar-refractivity contribution in [1.29, 1.82) is 0 Å². The second kappa shape index (κ2) is 6.42. The van der Waals surface area contributed by atoms with Crippen LogP contribution in [-0.4, -0.2) is 24.8 Å². The van der Waals surface area contributed by atoms with E-state index in [1.165, 1.54) is 7.11 Å². The predicted molar refractivity (Wildman–Crippen MR) is 86.3 cm³/mol. The summed E-state index contributed by atoms with van der Waals surface area (Å²) in [4.78, 5) is 16.6. The molecule has 1 heterocycles. The first-order chi connectivity index (χ1) is 10.4. The summed E-state index contributed by atoms with van der Waals surface area (Å²) in [6.45, 7) is 7.64. The molecule has 0 fully saturated rings. The number of nitrogens with zero attached hydrogens (tertiary/aromatic N) is 1. The Labute approximate surface area is 130 Å². The van der Waals surface area contributed by atoms with E-state index in [9.17, 15) is 9.18 Å². The molecule has 118 valence electrons. The molecule has 0 bridgehead atoms. The van der Waals surface area contributed by atoms with Gasteiger partial charge in [-0.15, -0.1) is 0 Å². The third kappa shape index (κ3) is 2.96. The van der Waals surface area contributed by atoms with Gasteiger partial charge in [0.05, 0.1) is 24.4 Å². The molecular weight excluding hydrogens is 281 g/mol. The van der Waals surface area contributed by atoms with E-state index in [1.807, 2.05) is 33.8 Å². The fraction of sp³-hybridized carbons (Fsp3) is 0.444. The lowest BCUT2D eigenvalue weighted by atomic mass is 9.89. The molecule has 0 aliphatic carbocycles. The molecular formula is C18H22FNO2. The Balaban J connectivity index is 2.63. The van der Waals surface area contributed by atoms with Crippen molar-refractivity contribution >= 4 is 11.7 Å². The van der Waals surface area contributed by atoms with Crippen molar-refractivity contribution in [2.24, 2.45) is 4.99 Å². The van der Waals surface area contributed by atoms with Crippen LogP contribution in [-0.2, 0) is 4.74 Å². The first-order valence-electron chi connectivity index (χ1n) is 7.54. The van der Waals surface area contributed by atoms with Crippen molar-refractivity contribution < 1.29 is 13.9 Å². The van der Waals surface area contributed by atoms with E-state index in [-0.39, 0.29) is 17.8 Å². The summed E-state index contributed by atoms with van der Waals surface area (Å²) in [6.07, 6.45) is 0.930. The van der Waals surface area contributed by atoms with Gasteiger partial charge in [0.2, 0.25) is 0 Å². The van der Waals surface area contributed by atoms with Gasteiger partial charge in [0.25, 0.3) is 0 Å². The first-order valence-corrected chi connectivity index (χ1v) is 7.54. The Kier molecular flexibility index (Phi) is 4.79. The summed E-state index contributed by atoms with van der Waals surface area (Å²) in [5.74, 6) is -0.481. The van der Waals surface area contributed by atoms with Crippen molar-refractivity contribution in [3.63, 3.8) is 0 Å². The SMILES string of the molecule is CCC1=C(F)CC(C)N=C1c1cc(C(=O)OC)c(C)cc1C. The van der Waals surface area contributed by atoms with E-state index in [0.717, 1.165) is 16.7 Å². The van der Waals surface area contributed by atoms with Gasteiger partial charge in [0.1, 0.15) is 5.83 Å². The van der Waals surface area contributed by atoms with E-state index < -0.39 is 0 Å². The standard InChI is InChI=1S/C18H22FNO2/c1-6-13-16(19)8-12(4)20-17(13)14-9-15(18(21)22-5)11(3)7-10(14)2/h7,9,12H,6,8H2,1-5H3. The number of ether oxygens (including phenoxy) is 1. The van der Waals surface area contributed by atoms with E-state index in [0.29, 0.717) is 29.7 Å². The number of rotatable bonds is 3. The van der Waals surface area contributed by atoms with Crippen molar-refractivity contribution in [3.8, 4) is 0 Å². The third-order valence-electron chi connectivity index (χ3n) is 4.02. The van der Waals surface area contributed by atoms with Gasteiger partial charge < -0.3 is 4.74 Å². The van der Waals surface area contributed by atoms with E-state index in [2.05, 4.69) is 4.99 Å². The van der Waals surface area contributed by atoms with E-state index >= 15 is 0 Å². The first kappa shape index (κ1) is 16.4. The van der Waals surface area contributed by atoms with Crippen LogP contribution >= 0.6 is 0 Å². The molecule has 0 saturated heterocycles. The zero-order valence-corrected chi connectivity index (χ0v) is 13.8. The minimum atomic E-state index is -0.384. The average Bonchev–Trinajstić information content (AvgIpc) is 2.46. The van der Waals surface area contributed by atoms with Crippen LogP contribution in [0.25, 0.3) is 0 Å². The minimum Gasteiger partial charge on any atom is -0.465 e. The number of benzene rings is 1. The number of dihydropyridines is 1. The number of hydrogen-bond donors (Lipinski definition) is 0. The number of allylic oxidation sites excluding steroid dienone is 1. The molecule has 1 unspecified atom stereocenters. The number of hydrogen-bond acceptors (Lipinski definition) is 3. The molecule has 0 aromatic heterocycles. The molecule has 0 saturated carbocycles. The highest BCUT2D eigenvalue weighted by atomic mass is 19.1. The van der Waals surface area contributed by atoms with Gasteiger partial charge in [-0.05, 0) is 44.4 Å². The molecule has 1 aliphatic rings. The second-order valence-corrected chi connectivity index (χ2v) is 5.74. The zero-order chi connectivity index (χ0) is 16.4. The molecule has 1 aliphatic heterocycles. The highest BCUT2D eigenvalue weighted by Crippen LogP contribution is 2.29. The van der Waals surface area contributed by atoms with Crippen LogP contribution in [0.4, 0.5) is 4.39 Å². The lowest BCUT2D eigenvalue weighted by Gasteiger charge is -2.22. The topological polar surface area (TPSA) is 38.7 Å². The van der Waals surface area contributed by atoms with Gasteiger partial charge in [0.15, 0.2) is 0 Å². The third-order valence-corrected chi connectivity index (χ3v) is 4.02. The highest BCUT2D eigenvalue weighted by Gasteiger charge is 2.24. The van der Waals surface area contributed by atoms with Crippen molar-refractivity contribution in [2.45, 2.75) is 46.6 Å². The Hall–Kier alpha value is -1.97. The Bertz CT molecular complexity index is 674. The van der Waals surface area contributed by atoms with Crippen LogP contribution in [0, 0.1) is 13.8 Å². The molecule has 0 spiro atoms. The summed E-state index contributed by atoms with van der Waals surface area (Å²) < 4.78 is 19.1. The van der Waals surface area contributed by atoms with Crippen LogP contribution in [0.3, 0.4) is 0 Å². The fourth-order valence-corrected chi connectivity index (χ4v) is 2.88. The van der Waals surface area contributed by atoms with E-state index in [1.54, 1.807) is 6.07 Å². The molecule has 1 aromatic carbocycles. The molecule has 4 heteroatoms. The number of esters is 1. The molecule has 0 amide bonds. The molecule has 0 N–H and O–H groups in total. The lowest BCUT2D eigenvalue weighted by molar-refractivity contribution is 0.0600. The van der Waals surface area contributed by atoms with Gasteiger partial charge in [-0.25, -0.2) is 9.18 Å². The maximum Gasteiger partial charge on any atom is 0.338 e. The van der Waals surface area contributed by atoms with Gasteiger partial charge in [-0.3, -0.25) is 4.99 Å². The van der Waals surface area contributed by atoms with Gasteiger partial charge in [-0.1, -0.05) is 13.0 Å². The highest BCUT2D eigenvalue weighted by molar-refractivity contribution is 6.15. The van der Waals surface area contributed by atoms with Gasteiger partial charge in [-0.2, -0.15) is 0 Å². The summed E-state index contributed by atoms with van der Waals surface area (Å²) in [6, 6.07) is 3.61. The largest absolute Gasteiger partial charge is 0.465 e. The van der Waals surface area contributed by atoms with Gasteiger partial charge in [0, 0.05) is 17.6 Å². The molecule has 22 heavy (non-hydrogen) atoms. The Morgan fingerprint density at radius 1 is 1.36 bits per heavy atom. The van der Waals surface area contributed by atoms with Crippen LogP contribution in [0.1, 0.15) is 53.7 Å². The Morgan fingerprint density at radius 3 is 2.64 bits per heavy atom. The van der Waals surface area contributed by atoms with Crippen LogP contribution in [0.2, 0.25) is 0 Å². The smallest absolute Gasteiger partial charge is 0.338 e. The predicted octanol–water partition coefficient (Wildman–Crippen LogP) is 4.30. The molecule has 1 aromatic rings. The van der Waals surface area contributed by atoms with Crippen LogP contribution < -0.4 is 0 Å². The number of halogens is 1. The maximum atomic E-state index is 14.3. The fourth-order valence-electron chi connectivity index (χ4n) is 2.88. The Morgan fingerprint density at radius 2 is 2.05 bits per heavy atom. The quantitative estimate of drug-likeness (QED) is 0.781. The minimum absolute atomic E-state index is 0.0902. The lowest BCUT2D eigenvalue weighted by Crippen LogP contribution is -2.19. The summed E-state index contributed by atoms with van der Waals surface area (Å²) >= 11 is 0. The van der Waals surface area contributed by atoms with E-state index in [4.69, 9.17) is 4.74 Å². The van der Waals surface area contributed by atoms with Crippen molar-refractivity contribution in [1.82, 2.24) is 0 Å². The zero-order valence-electron chi connectivity index (χ0n) is 13.8. The number of aryl methyl sites for hydroxylation is 2. The summed E-state index contributed by atoms with van der Waals surface area (Å²) in [5.41, 5.74) is 4.45. The molecule has 2 rings (SSSR count). The maximum absolute atomic E-state index is 14.3. The van der Waals surface area contributed by atoms with Crippen LogP contribution in [0.15, 0.2) is 28.5 Å². The molecule has 1 atom stereocenters. The number of carbonyl (C=O) groups is 1. The number of carbonyl (C=O) groups excluding carboxylic acids is 1. The monoisotopic (exact) mass is 303 g/mol. The van der Waals surface area contributed by atoms with Crippen molar-refractivity contribution in [2.75, 3.05) is 7.11 Å². The average molecular weight is 303 g/mol. The van der Waals surface area contributed by atoms with Gasteiger partial charge >= 0.3 is 5.97 Å².